The number of imide groups is 2. The average Bonchev–Trinajstić information content (AvgIpc) is 3.94. The Balaban J connectivity index is 0.736. The number of piperidine rings is 3. The predicted octanol–water partition coefficient (Wildman–Crippen LogP) is 4.53. The van der Waals surface area contributed by atoms with Crippen molar-refractivity contribution in [1.29, 1.82) is 0 Å². The van der Waals surface area contributed by atoms with Crippen LogP contribution in [0.5, 0.6) is 0 Å². The van der Waals surface area contributed by atoms with Crippen molar-refractivity contribution < 1.29 is 37.9 Å². The first-order valence-corrected chi connectivity index (χ1v) is 20.9. The van der Waals surface area contributed by atoms with Crippen LogP contribution in [0.1, 0.15) is 104 Å². The summed E-state index contributed by atoms with van der Waals surface area (Å²) >= 11 is 0. The average molecular weight is 831 g/mol. The minimum Gasteiger partial charge on any atom is -0.372 e. The number of anilines is 2. The molecule has 0 saturated carbocycles. The van der Waals surface area contributed by atoms with Gasteiger partial charge in [-0.15, -0.1) is 0 Å². The molecule has 0 aliphatic carbocycles. The molecule has 2 unspecified atom stereocenters. The molecule has 6 amide bonds. The second-order valence-electron chi connectivity index (χ2n) is 16.6. The Morgan fingerprint density at radius 3 is 2.28 bits per heavy atom. The highest BCUT2D eigenvalue weighted by Gasteiger charge is 2.45. The van der Waals surface area contributed by atoms with Gasteiger partial charge in [-0.25, -0.2) is 4.39 Å². The molecule has 6 heterocycles. The molecule has 15 nitrogen and oxygen atoms in total. The Bertz CT molecular complexity index is 2390. The number of methoxy groups -OCH3 is 1. The molecular formula is C45H47FN8O7. The summed E-state index contributed by atoms with van der Waals surface area (Å²) in [6.07, 6.45) is 2.81. The minimum absolute atomic E-state index is 0.0205. The van der Waals surface area contributed by atoms with Gasteiger partial charge >= 0.3 is 0 Å². The van der Waals surface area contributed by atoms with E-state index in [2.05, 4.69) is 30.6 Å². The standard InChI is InChI=1S/C45H47FN8O7/c1-61-39(28-5-3-2-4-6-28)45(60)53-24-34-36(25-53)49-50-40(34)48-41(56)29-7-9-30(10-8-29)52-19-13-26(14-20-52)23-51-17-15-27(16-18-51)31-21-32-33(22-35(31)46)44(59)54(43(32)58)37-11-12-38(55)47-42(37)57/h2-10,21-22,26-27,37,39H,11-20,23-25H2,1H3,(H,47,55,57)(H2,48,49,50,56). The summed E-state index contributed by atoms with van der Waals surface area (Å²) in [4.78, 5) is 84.5. The number of amides is 6. The summed E-state index contributed by atoms with van der Waals surface area (Å²) in [5.74, 6) is -2.63. The Morgan fingerprint density at radius 2 is 1.59 bits per heavy atom. The highest BCUT2D eigenvalue weighted by atomic mass is 19.1. The van der Waals surface area contributed by atoms with Gasteiger partial charge in [0.25, 0.3) is 23.6 Å². The maximum Gasteiger partial charge on any atom is 0.262 e. The molecule has 16 heteroatoms. The van der Waals surface area contributed by atoms with Gasteiger partial charge in [0.1, 0.15) is 11.9 Å². The SMILES string of the molecule is COC(C(=O)N1Cc2[nH]nc(NC(=O)c3ccc(N4CCC(CN5CCC(c6cc7c(cc6F)C(=O)N(C6CCC(=O)NC6=O)C7=O)CC5)CC4)cc3)c2C1)c1ccccc1. The fourth-order valence-electron chi connectivity index (χ4n) is 9.56. The number of benzene rings is 3. The number of fused-ring (bicyclic) bond motifs is 2. The molecule has 3 saturated heterocycles. The quantitative estimate of drug-likeness (QED) is 0.193. The van der Waals surface area contributed by atoms with Crippen molar-refractivity contribution >= 4 is 46.9 Å². The summed E-state index contributed by atoms with van der Waals surface area (Å²) in [6.45, 7) is 4.95. The van der Waals surface area contributed by atoms with E-state index in [-0.39, 0.29) is 41.7 Å². The first-order chi connectivity index (χ1) is 29.6. The Kier molecular flexibility index (Phi) is 11.0. The third-order valence-electron chi connectivity index (χ3n) is 13.0. The summed E-state index contributed by atoms with van der Waals surface area (Å²) in [7, 11) is 1.52. The molecule has 1 aromatic heterocycles. The fourth-order valence-corrected chi connectivity index (χ4v) is 9.56. The van der Waals surface area contributed by atoms with Crippen molar-refractivity contribution in [3.05, 3.63) is 112 Å². The minimum atomic E-state index is -1.09. The van der Waals surface area contributed by atoms with E-state index in [1.54, 1.807) is 4.90 Å². The molecule has 2 atom stereocenters. The molecule has 0 spiro atoms. The van der Waals surface area contributed by atoms with Crippen LogP contribution in [-0.2, 0) is 32.2 Å². The summed E-state index contributed by atoms with van der Waals surface area (Å²) in [5, 5.41) is 12.4. The molecule has 3 fully saturated rings. The lowest BCUT2D eigenvalue weighted by Gasteiger charge is -2.38. The second-order valence-corrected chi connectivity index (χ2v) is 16.6. The third kappa shape index (κ3) is 7.81. The molecule has 9 rings (SSSR count). The molecule has 3 N–H and O–H groups in total. The van der Waals surface area contributed by atoms with Gasteiger partial charge in [0.05, 0.1) is 29.9 Å². The van der Waals surface area contributed by atoms with Crippen molar-refractivity contribution in [1.82, 2.24) is 30.2 Å². The number of carbonyl (C=O) groups excluding carboxylic acids is 6. The number of nitrogens with zero attached hydrogens (tertiary/aromatic N) is 5. The van der Waals surface area contributed by atoms with Gasteiger partial charge in [-0.05, 0) is 105 Å². The second kappa shape index (κ2) is 16.7. The summed E-state index contributed by atoms with van der Waals surface area (Å²) in [5.41, 5.74) is 4.37. The van der Waals surface area contributed by atoms with Gasteiger partial charge in [0.15, 0.2) is 11.9 Å². The molecule has 4 aromatic rings. The first kappa shape index (κ1) is 40.2. The van der Waals surface area contributed by atoms with Gasteiger partial charge in [-0.1, -0.05) is 30.3 Å². The fraction of sp³-hybridized carbons (Fsp3) is 0.400. The number of aromatic nitrogens is 2. The van der Waals surface area contributed by atoms with E-state index in [0.29, 0.717) is 36.0 Å². The van der Waals surface area contributed by atoms with E-state index < -0.39 is 41.6 Å². The predicted molar refractivity (Wildman–Crippen MR) is 220 cm³/mol. The highest BCUT2D eigenvalue weighted by molar-refractivity contribution is 6.23. The van der Waals surface area contributed by atoms with Gasteiger partial charge in [-0.3, -0.25) is 44.1 Å². The smallest absolute Gasteiger partial charge is 0.262 e. The van der Waals surface area contributed by atoms with Crippen molar-refractivity contribution in [2.75, 3.05) is 50.1 Å². The molecule has 316 valence electrons. The number of likely N-dealkylation sites (tertiary alicyclic amines) is 1. The maximum atomic E-state index is 15.5. The van der Waals surface area contributed by atoms with Crippen molar-refractivity contribution in [2.24, 2.45) is 5.92 Å². The molecule has 5 aliphatic heterocycles. The van der Waals surface area contributed by atoms with Crippen molar-refractivity contribution in [3.8, 4) is 0 Å². The number of ether oxygens (including phenoxy) is 1. The van der Waals surface area contributed by atoms with Gasteiger partial charge in [0.2, 0.25) is 11.8 Å². The monoisotopic (exact) mass is 830 g/mol. The Labute approximate surface area is 351 Å². The highest BCUT2D eigenvalue weighted by Crippen LogP contribution is 2.37. The normalized spacial score (nSPS) is 20.5. The van der Waals surface area contributed by atoms with Crippen molar-refractivity contribution in [2.45, 2.75) is 69.7 Å². The number of aromatic amines is 1. The molecule has 0 radical (unpaired) electrons. The molecular weight excluding hydrogens is 784 g/mol. The molecule has 3 aromatic carbocycles. The van der Waals surface area contributed by atoms with Gasteiger partial charge in [-0.2, -0.15) is 5.10 Å². The summed E-state index contributed by atoms with van der Waals surface area (Å²) < 4.78 is 21.0. The van der Waals surface area contributed by atoms with E-state index in [1.165, 1.54) is 13.2 Å². The lowest BCUT2D eigenvalue weighted by molar-refractivity contribution is -0.143. The van der Waals surface area contributed by atoms with E-state index >= 15 is 4.39 Å². The first-order valence-electron chi connectivity index (χ1n) is 20.9. The van der Waals surface area contributed by atoms with E-state index in [9.17, 15) is 28.8 Å². The van der Waals surface area contributed by atoms with Crippen LogP contribution in [0.3, 0.4) is 0 Å². The third-order valence-corrected chi connectivity index (χ3v) is 13.0. The molecule has 5 aliphatic rings. The van der Waals surface area contributed by atoms with Gasteiger partial charge < -0.3 is 24.8 Å². The van der Waals surface area contributed by atoms with E-state index in [1.807, 2.05) is 54.6 Å². The van der Waals surface area contributed by atoms with Crippen LogP contribution < -0.4 is 15.5 Å². The van der Waals surface area contributed by atoms with Crippen LogP contribution in [0.15, 0.2) is 66.7 Å². The number of rotatable bonds is 10. The number of H-pyrrole nitrogens is 1. The van der Waals surface area contributed by atoms with Crippen LogP contribution in [0.2, 0.25) is 0 Å². The number of hydrogen-bond donors (Lipinski definition) is 3. The number of nitrogens with one attached hydrogen (secondary N) is 3. The molecule has 61 heavy (non-hydrogen) atoms. The zero-order valence-electron chi connectivity index (χ0n) is 33.8. The van der Waals surface area contributed by atoms with E-state index in [0.717, 1.165) is 91.9 Å². The van der Waals surface area contributed by atoms with Crippen LogP contribution in [0.4, 0.5) is 15.9 Å². The summed E-state index contributed by atoms with van der Waals surface area (Å²) in [6, 6.07) is 18.5. The van der Waals surface area contributed by atoms with Crippen LogP contribution in [0, 0.1) is 11.7 Å². The van der Waals surface area contributed by atoms with Crippen molar-refractivity contribution in [3.63, 3.8) is 0 Å². The largest absolute Gasteiger partial charge is 0.372 e. The zero-order valence-corrected chi connectivity index (χ0v) is 33.8. The number of carbonyl (C=O) groups is 6. The molecule has 0 bridgehead atoms. The Morgan fingerprint density at radius 1 is 0.885 bits per heavy atom. The van der Waals surface area contributed by atoms with E-state index in [4.69, 9.17) is 4.74 Å². The topological polar surface area (TPSA) is 177 Å². The van der Waals surface area contributed by atoms with Crippen LogP contribution in [0.25, 0.3) is 0 Å². The Hall–Kier alpha value is -6.26. The van der Waals surface area contributed by atoms with Crippen LogP contribution >= 0.6 is 0 Å². The number of hydrogen-bond acceptors (Lipinski definition) is 10. The maximum absolute atomic E-state index is 15.5. The number of halogens is 1. The van der Waals surface area contributed by atoms with Crippen LogP contribution in [-0.4, -0.2) is 106 Å². The lowest BCUT2D eigenvalue weighted by atomic mass is 9.86. The zero-order chi connectivity index (χ0) is 42.4. The lowest BCUT2D eigenvalue weighted by Crippen LogP contribution is -2.54. The van der Waals surface area contributed by atoms with Gasteiger partial charge in [0, 0.05) is 50.0 Å².